The molecule has 3 rings (SSSR count). The van der Waals surface area contributed by atoms with Crippen LogP contribution >= 0.6 is 11.6 Å². The Balaban J connectivity index is 1.69. The average molecular weight is 294 g/mol. The molecule has 0 aromatic heterocycles. The molecule has 3 heteroatoms. The van der Waals surface area contributed by atoms with E-state index in [4.69, 9.17) is 16.3 Å². The van der Waals surface area contributed by atoms with Gasteiger partial charge in [-0.05, 0) is 36.5 Å². The van der Waals surface area contributed by atoms with Crippen LogP contribution in [0, 0.1) is 5.92 Å². The van der Waals surface area contributed by atoms with Crippen LogP contribution in [-0.2, 0) is 13.0 Å². The number of fused-ring (bicyclic) bond motifs is 1. The zero-order valence-corrected chi connectivity index (χ0v) is 13.0. The third kappa shape index (κ3) is 3.12. The Morgan fingerprint density at radius 2 is 2.10 bits per heavy atom. The monoisotopic (exact) mass is 293 g/mol. The fourth-order valence-electron chi connectivity index (χ4n) is 3.51. The fourth-order valence-corrected chi connectivity index (χ4v) is 3.78. The first-order chi connectivity index (χ1) is 9.74. The lowest BCUT2D eigenvalue weighted by molar-refractivity contribution is 0.339. The number of ether oxygens (including phenoxy) is 1. The van der Waals surface area contributed by atoms with Crippen LogP contribution in [-0.4, -0.2) is 12.6 Å². The molecule has 0 bridgehead atoms. The molecule has 1 heterocycles. The Morgan fingerprint density at radius 3 is 3.00 bits per heavy atom. The molecule has 0 amide bonds. The van der Waals surface area contributed by atoms with E-state index in [9.17, 15) is 0 Å². The molecule has 1 aromatic carbocycles. The summed E-state index contributed by atoms with van der Waals surface area (Å²) in [4.78, 5) is 0. The fraction of sp³-hybridized carbons (Fsp3) is 0.647. The SMILES string of the molecule is CC1CCCCCC1NCc1cc(Cl)cc2c1OCC2. The van der Waals surface area contributed by atoms with Crippen molar-refractivity contribution in [3.05, 3.63) is 28.3 Å². The predicted molar refractivity (Wildman–Crippen MR) is 83.5 cm³/mol. The molecule has 2 atom stereocenters. The van der Waals surface area contributed by atoms with Gasteiger partial charge in [-0.25, -0.2) is 0 Å². The van der Waals surface area contributed by atoms with Gasteiger partial charge in [0, 0.05) is 29.6 Å². The van der Waals surface area contributed by atoms with Crippen molar-refractivity contribution in [3.8, 4) is 5.75 Å². The maximum atomic E-state index is 6.22. The van der Waals surface area contributed by atoms with Crippen LogP contribution in [0.5, 0.6) is 5.75 Å². The van der Waals surface area contributed by atoms with E-state index in [1.165, 1.54) is 43.2 Å². The minimum absolute atomic E-state index is 0.633. The minimum Gasteiger partial charge on any atom is -0.493 e. The summed E-state index contributed by atoms with van der Waals surface area (Å²) >= 11 is 6.22. The van der Waals surface area contributed by atoms with Gasteiger partial charge in [0.2, 0.25) is 0 Å². The van der Waals surface area contributed by atoms with Crippen LogP contribution in [0.15, 0.2) is 12.1 Å². The van der Waals surface area contributed by atoms with Crippen molar-refractivity contribution in [1.29, 1.82) is 0 Å². The topological polar surface area (TPSA) is 21.3 Å². The molecule has 1 saturated carbocycles. The first-order valence-electron chi connectivity index (χ1n) is 7.91. The van der Waals surface area contributed by atoms with E-state index in [2.05, 4.69) is 18.3 Å². The molecule has 1 N–H and O–H groups in total. The first-order valence-corrected chi connectivity index (χ1v) is 8.29. The first kappa shape index (κ1) is 14.2. The highest BCUT2D eigenvalue weighted by Crippen LogP contribution is 2.33. The van der Waals surface area contributed by atoms with E-state index in [0.29, 0.717) is 6.04 Å². The Hall–Kier alpha value is -0.730. The molecule has 1 fully saturated rings. The van der Waals surface area contributed by atoms with Gasteiger partial charge in [-0.2, -0.15) is 0 Å². The summed E-state index contributed by atoms with van der Waals surface area (Å²) in [5.74, 6) is 1.84. The molecular formula is C17H24ClNO. The molecular weight excluding hydrogens is 270 g/mol. The number of halogens is 1. The normalized spacial score (nSPS) is 25.9. The molecule has 0 spiro atoms. The quantitative estimate of drug-likeness (QED) is 0.838. The standard InChI is InChI=1S/C17H24ClNO/c1-12-5-3-2-4-6-16(12)19-11-14-10-15(18)9-13-7-8-20-17(13)14/h9-10,12,16,19H,2-8,11H2,1H3. The second-order valence-corrected chi connectivity index (χ2v) is 6.69. The zero-order chi connectivity index (χ0) is 13.9. The summed E-state index contributed by atoms with van der Waals surface area (Å²) in [6.07, 6.45) is 7.76. The van der Waals surface area contributed by atoms with Gasteiger partial charge < -0.3 is 10.1 Å². The summed E-state index contributed by atoms with van der Waals surface area (Å²) in [6, 6.07) is 4.73. The molecule has 2 unspecified atom stereocenters. The maximum Gasteiger partial charge on any atom is 0.127 e. The lowest BCUT2D eigenvalue weighted by Crippen LogP contribution is -2.33. The average Bonchev–Trinajstić information content (AvgIpc) is 2.79. The molecule has 0 saturated heterocycles. The van der Waals surface area contributed by atoms with Crippen LogP contribution in [0.2, 0.25) is 5.02 Å². The van der Waals surface area contributed by atoms with E-state index in [0.717, 1.165) is 36.3 Å². The Bertz CT molecular complexity index is 474. The Morgan fingerprint density at radius 1 is 1.25 bits per heavy atom. The van der Waals surface area contributed by atoms with Crippen molar-refractivity contribution in [2.75, 3.05) is 6.61 Å². The van der Waals surface area contributed by atoms with Crippen molar-refractivity contribution >= 4 is 11.6 Å². The Labute approximate surface area is 126 Å². The summed E-state index contributed by atoms with van der Waals surface area (Å²) in [5.41, 5.74) is 2.49. The number of rotatable bonds is 3. The Kier molecular flexibility index (Phi) is 4.52. The van der Waals surface area contributed by atoms with Crippen molar-refractivity contribution in [1.82, 2.24) is 5.32 Å². The third-order valence-electron chi connectivity index (χ3n) is 4.74. The maximum absolute atomic E-state index is 6.22. The zero-order valence-electron chi connectivity index (χ0n) is 12.3. The minimum atomic E-state index is 0.633. The predicted octanol–water partition coefficient (Wildman–Crippen LogP) is 4.33. The van der Waals surface area contributed by atoms with E-state index in [-0.39, 0.29) is 0 Å². The summed E-state index contributed by atoms with van der Waals surface area (Å²) < 4.78 is 5.78. The van der Waals surface area contributed by atoms with Crippen molar-refractivity contribution in [3.63, 3.8) is 0 Å². The van der Waals surface area contributed by atoms with Gasteiger partial charge in [-0.1, -0.05) is 37.8 Å². The van der Waals surface area contributed by atoms with E-state index in [1.54, 1.807) is 0 Å². The molecule has 0 radical (unpaired) electrons. The molecule has 1 aromatic rings. The van der Waals surface area contributed by atoms with Crippen LogP contribution < -0.4 is 10.1 Å². The smallest absolute Gasteiger partial charge is 0.127 e. The largest absolute Gasteiger partial charge is 0.493 e. The lowest BCUT2D eigenvalue weighted by Gasteiger charge is -2.23. The number of hydrogen-bond acceptors (Lipinski definition) is 2. The van der Waals surface area contributed by atoms with Crippen LogP contribution in [0.3, 0.4) is 0 Å². The van der Waals surface area contributed by atoms with Crippen LogP contribution in [0.25, 0.3) is 0 Å². The van der Waals surface area contributed by atoms with E-state index < -0.39 is 0 Å². The molecule has 20 heavy (non-hydrogen) atoms. The van der Waals surface area contributed by atoms with E-state index >= 15 is 0 Å². The van der Waals surface area contributed by atoms with Gasteiger partial charge in [0.15, 0.2) is 0 Å². The summed E-state index contributed by atoms with van der Waals surface area (Å²) in [7, 11) is 0. The molecule has 2 nitrogen and oxygen atoms in total. The summed E-state index contributed by atoms with van der Waals surface area (Å²) in [5, 5.41) is 4.58. The lowest BCUT2D eigenvalue weighted by atomic mass is 9.96. The molecule has 2 aliphatic rings. The van der Waals surface area contributed by atoms with Gasteiger partial charge in [0.25, 0.3) is 0 Å². The number of nitrogens with one attached hydrogen (secondary N) is 1. The van der Waals surface area contributed by atoms with Crippen molar-refractivity contribution in [2.24, 2.45) is 5.92 Å². The highest BCUT2D eigenvalue weighted by Gasteiger charge is 2.21. The highest BCUT2D eigenvalue weighted by molar-refractivity contribution is 6.30. The summed E-state index contributed by atoms with van der Waals surface area (Å²) in [6.45, 7) is 4.04. The second-order valence-electron chi connectivity index (χ2n) is 6.25. The second kappa shape index (κ2) is 6.36. The van der Waals surface area contributed by atoms with Gasteiger partial charge in [0.05, 0.1) is 6.61 Å². The van der Waals surface area contributed by atoms with Gasteiger partial charge >= 0.3 is 0 Å². The molecule has 1 aliphatic heterocycles. The van der Waals surface area contributed by atoms with Crippen LogP contribution in [0.1, 0.15) is 50.2 Å². The van der Waals surface area contributed by atoms with Gasteiger partial charge in [0.1, 0.15) is 5.75 Å². The molecule has 110 valence electrons. The van der Waals surface area contributed by atoms with Crippen molar-refractivity contribution < 1.29 is 4.74 Å². The van der Waals surface area contributed by atoms with Gasteiger partial charge in [-0.15, -0.1) is 0 Å². The third-order valence-corrected chi connectivity index (χ3v) is 4.96. The van der Waals surface area contributed by atoms with E-state index in [1.807, 2.05) is 6.07 Å². The van der Waals surface area contributed by atoms with Gasteiger partial charge in [-0.3, -0.25) is 0 Å². The van der Waals surface area contributed by atoms with Crippen LogP contribution in [0.4, 0.5) is 0 Å². The van der Waals surface area contributed by atoms with Crippen molar-refractivity contribution in [2.45, 2.75) is 58.0 Å². The number of benzene rings is 1. The number of hydrogen-bond donors (Lipinski definition) is 1. The molecule has 1 aliphatic carbocycles. The highest BCUT2D eigenvalue weighted by atomic mass is 35.5.